The van der Waals surface area contributed by atoms with E-state index in [0.29, 0.717) is 41.8 Å². The van der Waals surface area contributed by atoms with Crippen LogP contribution in [0, 0.1) is 5.92 Å². The average molecular weight is 598 g/mol. The van der Waals surface area contributed by atoms with Gasteiger partial charge in [0, 0.05) is 67.6 Å². The van der Waals surface area contributed by atoms with Gasteiger partial charge in [-0.05, 0) is 51.3 Å². The quantitative estimate of drug-likeness (QED) is 0.326. The number of nitrogens with one attached hydrogen (secondary N) is 2. The largest absolute Gasteiger partial charge is 0.444 e. The Labute approximate surface area is 247 Å². The van der Waals surface area contributed by atoms with Crippen molar-refractivity contribution in [2.75, 3.05) is 32.7 Å². The fourth-order valence-electron chi connectivity index (χ4n) is 5.39. The Bertz CT molecular complexity index is 1040. The summed E-state index contributed by atoms with van der Waals surface area (Å²) < 4.78 is 5.20. The third-order valence-electron chi connectivity index (χ3n) is 7.39. The summed E-state index contributed by atoms with van der Waals surface area (Å²) in [5, 5.41) is 6.32. The van der Waals surface area contributed by atoms with E-state index in [1.54, 1.807) is 43.9 Å². The van der Waals surface area contributed by atoms with Crippen LogP contribution < -0.4 is 10.6 Å². The molecule has 2 aliphatic rings. The fraction of sp³-hybridized carbons (Fsp3) is 0.655. The lowest BCUT2D eigenvalue weighted by atomic mass is 9.94. The highest BCUT2D eigenvalue weighted by molar-refractivity contribution is 6.35. The molecule has 3 atom stereocenters. The first-order chi connectivity index (χ1) is 19.0. The maximum Gasteiger partial charge on any atom is 0.407 e. The summed E-state index contributed by atoms with van der Waals surface area (Å²) >= 11 is 12.5. The van der Waals surface area contributed by atoms with Gasteiger partial charge in [0.2, 0.25) is 11.8 Å². The number of piperazine rings is 1. The summed E-state index contributed by atoms with van der Waals surface area (Å²) in [4.78, 5) is 54.3. The van der Waals surface area contributed by atoms with E-state index < -0.39 is 17.7 Å². The molecular formula is C29H42Cl2N4O5. The van der Waals surface area contributed by atoms with Crippen molar-refractivity contribution in [1.29, 1.82) is 0 Å². The van der Waals surface area contributed by atoms with Gasteiger partial charge in [-0.2, -0.15) is 0 Å². The van der Waals surface area contributed by atoms with Crippen LogP contribution in [0.25, 0.3) is 0 Å². The van der Waals surface area contributed by atoms with E-state index in [9.17, 15) is 19.2 Å². The van der Waals surface area contributed by atoms with Gasteiger partial charge in [-0.25, -0.2) is 4.79 Å². The second kappa shape index (κ2) is 15.0. The summed E-state index contributed by atoms with van der Waals surface area (Å²) in [6, 6.07) is 4.45. The normalized spacial score (nSPS) is 21.2. The van der Waals surface area contributed by atoms with Crippen molar-refractivity contribution in [3.8, 4) is 0 Å². The number of rotatable bonds is 9. The molecule has 1 heterocycles. The Morgan fingerprint density at radius 3 is 2.42 bits per heavy atom. The molecule has 1 saturated heterocycles. The van der Waals surface area contributed by atoms with E-state index in [2.05, 4.69) is 15.5 Å². The van der Waals surface area contributed by atoms with E-state index in [1.165, 1.54) is 0 Å². The van der Waals surface area contributed by atoms with Gasteiger partial charge >= 0.3 is 6.09 Å². The van der Waals surface area contributed by atoms with E-state index in [4.69, 9.17) is 27.9 Å². The molecule has 0 radical (unpaired) electrons. The molecule has 0 spiro atoms. The van der Waals surface area contributed by atoms with Crippen LogP contribution in [-0.4, -0.2) is 84.4 Å². The molecule has 0 bridgehead atoms. The van der Waals surface area contributed by atoms with E-state index in [0.717, 1.165) is 38.4 Å². The van der Waals surface area contributed by atoms with E-state index >= 15 is 0 Å². The molecule has 0 aromatic heterocycles. The molecule has 1 saturated carbocycles. The average Bonchev–Trinajstić information content (AvgIpc) is 3.14. The number of benzene rings is 1. The number of halogens is 2. The molecule has 1 aromatic carbocycles. The molecule has 2 fully saturated rings. The zero-order valence-corrected chi connectivity index (χ0v) is 25.2. The molecule has 40 heavy (non-hydrogen) atoms. The number of ether oxygens (including phenoxy) is 1. The van der Waals surface area contributed by atoms with Crippen molar-refractivity contribution in [3.63, 3.8) is 0 Å². The minimum Gasteiger partial charge on any atom is -0.444 e. The highest BCUT2D eigenvalue weighted by atomic mass is 35.5. The van der Waals surface area contributed by atoms with E-state index in [1.807, 2.05) is 0 Å². The number of aldehydes is 1. The van der Waals surface area contributed by atoms with Crippen molar-refractivity contribution in [2.45, 2.75) is 83.4 Å². The first-order valence-electron chi connectivity index (χ1n) is 14.1. The molecule has 9 nitrogen and oxygen atoms in total. The second-order valence-electron chi connectivity index (χ2n) is 11.6. The topological polar surface area (TPSA) is 108 Å². The second-order valence-corrected chi connectivity index (χ2v) is 12.4. The van der Waals surface area contributed by atoms with Crippen LogP contribution >= 0.6 is 23.2 Å². The van der Waals surface area contributed by atoms with E-state index in [-0.39, 0.29) is 43.2 Å². The van der Waals surface area contributed by atoms with Crippen LogP contribution in [-0.2, 0) is 25.5 Å². The molecule has 1 aromatic rings. The smallest absolute Gasteiger partial charge is 0.407 e. The van der Waals surface area contributed by atoms with Crippen molar-refractivity contribution in [1.82, 2.24) is 20.4 Å². The number of carbonyl (C=O) groups is 4. The monoisotopic (exact) mass is 596 g/mol. The maximum absolute atomic E-state index is 13.7. The SMILES string of the molecule is CC(C)(C)OC(=O)NCCC(=O)NC(Cc1ccc(Cl)cc1Cl)C(=O)N1CCN(C2CCCCCC2C=O)CC1. The summed E-state index contributed by atoms with van der Waals surface area (Å²) in [5.41, 5.74) is 0.0540. The standard InChI is InChI=1S/C29H42Cl2N4O5/c1-29(2,3)40-28(39)32-12-11-26(37)33-24(17-20-9-10-22(30)18-23(20)31)27(38)35-15-13-34(14-16-35)25-8-6-4-5-7-21(25)19-36/h9-10,18-19,21,24-25H,4-8,11-17H2,1-3H3,(H,32,39)(H,33,37). The molecule has 1 aliphatic carbocycles. The molecule has 2 N–H and O–H groups in total. The van der Waals surface area contributed by atoms with Gasteiger partial charge in [-0.3, -0.25) is 14.5 Å². The predicted molar refractivity (Wildman–Crippen MR) is 156 cm³/mol. The Morgan fingerprint density at radius 1 is 1.07 bits per heavy atom. The van der Waals surface area contributed by atoms with Crippen molar-refractivity contribution >= 4 is 47.4 Å². The van der Waals surface area contributed by atoms with Crippen molar-refractivity contribution in [3.05, 3.63) is 33.8 Å². The highest BCUT2D eigenvalue weighted by Gasteiger charge is 2.34. The first-order valence-corrected chi connectivity index (χ1v) is 14.9. The molecule has 1 aliphatic heterocycles. The lowest BCUT2D eigenvalue weighted by molar-refractivity contribution is -0.138. The van der Waals surface area contributed by atoms with Gasteiger partial charge in [0.1, 0.15) is 17.9 Å². The van der Waals surface area contributed by atoms with Crippen molar-refractivity contribution < 1.29 is 23.9 Å². The van der Waals surface area contributed by atoms with Gasteiger partial charge in [-0.15, -0.1) is 0 Å². The first kappa shape index (κ1) is 32.2. The van der Waals surface area contributed by atoms with Crippen LogP contribution in [0.4, 0.5) is 4.79 Å². The summed E-state index contributed by atoms with van der Waals surface area (Å²) in [6.07, 6.45) is 5.97. The third kappa shape index (κ3) is 9.93. The van der Waals surface area contributed by atoms with Gasteiger partial charge in [0.15, 0.2) is 0 Å². The predicted octanol–water partition coefficient (Wildman–Crippen LogP) is 4.23. The lowest BCUT2D eigenvalue weighted by Gasteiger charge is -2.41. The molecule has 3 rings (SSSR count). The minimum atomic E-state index is -0.833. The lowest BCUT2D eigenvalue weighted by Crippen LogP contribution is -2.58. The number of hydrogen-bond donors (Lipinski definition) is 2. The van der Waals surface area contributed by atoms with Gasteiger partial charge < -0.3 is 25.1 Å². The van der Waals surface area contributed by atoms with Crippen LogP contribution in [0.5, 0.6) is 0 Å². The van der Waals surface area contributed by atoms with Gasteiger partial charge in [0.25, 0.3) is 0 Å². The molecule has 3 amide bonds. The third-order valence-corrected chi connectivity index (χ3v) is 7.98. The Balaban J connectivity index is 1.63. The fourth-order valence-corrected chi connectivity index (χ4v) is 5.87. The highest BCUT2D eigenvalue weighted by Crippen LogP contribution is 2.27. The summed E-state index contributed by atoms with van der Waals surface area (Å²) in [7, 11) is 0. The number of nitrogens with zero attached hydrogens (tertiary/aromatic N) is 2. The minimum absolute atomic E-state index is 0.0140. The summed E-state index contributed by atoms with van der Waals surface area (Å²) in [5.74, 6) is -0.518. The van der Waals surface area contributed by atoms with Gasteiger partial charge in [0.05, 0.1) is 0 Å². The van der Waals surface area contributed by atoms with Crippen LogP contribution in [0.15, 0.2) is 18.2 Å². The van der Waals surface area contributed by atoms with Crippen LogP contribution in [0.1, 0.15) is 64.9 Å². The molecule has 11 heteroatoms. The van der Waals surface area contributed by atoms with Crippen LogP contribution in [0.2, 0.25) is 10.0 Å². The Morgan fingerprint density at radius 2 is 1.77 bits per heavy atom. The molecular weight excluding hydrogens is 555 g/mol. The Kier molecular flexibility index (Phi) is 12.1. The number of alkyl carbamates (subject to hydrolysis) is 1. The van der Waals surface area contributed by atoms with Gasteiger partial charge in [-0.1, -0.05) is 48.5 Å². The van der Waals surface area contributed by atoms with Crippen molar-refractivity contribution in [2.24, 2.45) is 5.92 Å². The zero-order valence-electron chi connectivity index (χ0n) is 23.7. The zero-order chi connectivity index (χ0) is 29.3. The molecule has 3 unspecified atom stereocenters. The number of carbonyl (C=O) groups excluding carboxylic acids is 4. The number of amides is 3. The summed E-state index contributed by atoms with van der Waals surface area (Å²) in [6.45, 7) is 7.74. The maximum atomic E-state index is 13.7. The van der Waals surface area contributed by atoms with Crippen LogP contribution in [0.3, 0.4) is 0 Å². The Hall–Kier alpha value is -2.36. The molecule has 222 valence electrons. The number of hydrogen-bond acceptors (Lipinski definition) is 6.